The number of hydrogen-bond donors (Lipinski definition) is 16. The Hall–Kier alpha value is -1.94. The molecule has 2 amide bonds. The summed E-state index contributed by atoms with van der Waals surface area (Å²) < 4.78 is 47.2. The summed E-state index contributed by atoms with van der Waals surface area (Å²) in [5.74, 6) is -0.806. The lowest BCUT2D eigenvalue weighted by Crippen LogP contribution is -2.68. The molecule has 4 rings (SSSR count). The van der Waals surface area contributed by atoms with E-state index in [4.69, 9.17) is 37.9 Å². The molecule has 25 atom stereocenters. The van der Waals surface area contributed by atoms with E-state index in [-0.39, 0.29) is 12.8 Å². The molecule has 26 heteroatoms. The minimum Gasteiger partial charge on any atom is -0.394 e. The molecule has 4 aliphatic rings. The summed E-state index contributed by atoms with van der Waals surface area (Å²) in [5.41, 5.74) is 0. The van der Waals surface area contributed by atoms with Crippen LogP contribution >= 0.6 is 0 Å². The molecule has 0 aromatic rings. The lowest BCUT2D eigenvalue weighted by Gasteiger charge is -2.48. The summed E-state index contributed by atoms with van der Waals surface area (Å²) in [4.78, 5) is 26.3. The maximum atomic E-state index is 13.7. The Bertz CT molecular complexity index is 1980. The highest BCUT2D eigenvalue weighted by Crippen LogP contribution is 2.34. The SMILES string of the molecule is CCCCCCCCCCCCCCCCCCCCCC[C@@H](O)C(=O)N[C@@H](CO[C@H]1O[C@H](CO)[C@H](O)[C@H](O)[C@H]1O[C@H]1O[C@H](CO[C@@H]2O[C@H](CO)[C@H](O)[C@H](O[C@@H]3O[C@@H](C)[C@H](O)[C@@H](O)[C@H]3O)[C@H]2NC(C)=O)[C@H](O)[C@H](O)[C@H]1O)[C@H](O)[C@H](O)CCCCCCCCCCCC(C)CC. The first-order valence-electron chi connectivity index (χ1n) is 36.7. The fourth-order valence-corrected chi connectivity index (χ4v) is 13.0. The number of rotatable bonds is 51. The van der Waals surface area contributed by atoms with Crippen molar-refractivity contribution in [3.8, 4) is 0 Å². The number of unbranched alkanes of at least 4 members (excludes halogenated alkanes) is 27. The maximum Gasteiger partial charge on any atom is 0.249 e. The molecule has 1 unspecified atom stereocenters. The van der Waals surface area contributed by atoms with Gasteiger partial charge >= 0.3 is 0 Å². The van der Waals surface area contributed by atoms with Crippen LogP contribution in [0.2, 0.25) is 0 Å². The van der Waals surface area contributed by atoms with Gasteiger partial charge in [0.2, 0.25) is 11.8 Å². The first kappa shape index (κ1) is 85.5. The highest BCUT2D eigenvalue weighted by Gasteiger charge is 2.54. The highest BCUT2D eigenvalue weighted by atomic mass is 16.8. The van der Waals surface area contributed by atoms with Crippen molar-refractivity contribution in [3.05, 3.63) is 0 Å². The van der Waals surface area contributed by atoms with Crippen molar-refractivity contribution in [2.75, 3.05) is 26.4 Å². The molecule has 0 radical (unpaired) electrons. The second kappa shape index (κ2) is 48.0. The van der Waals surface area contributed by atoms with Crippen LogP contribution in [0.3, 0.4) is 0 Å². The second-order valence-electron chi connectivity index (χ2n) is 27.7. The van der Waals surface area contributed by atoms with Crippen LogP contribution in [0.5, 0.6) is 0 Å². The van der Waals surface area contributed by atoms with Gasteiger partial charge in [0.05, 0.1) is 44.7 Å². The molecule has 0 aromatic carbocycles. The van der Waals surface area contributed by atoms with Crippen molar-refractivity contribution in [2.24, 2.45) is 5.92 Å². The molecule has 560 valence electrons. The molecule has 0 saturated carbocycles. The molecular formula is C69H130N2O24. The van der Waals surface area contributed by atoms with Crippen LogP contribution in [0.1, 0.15) is 247 Å². The van der Waals surface area contributed by atoms with Gasteiger partial charge in [0.1, 0.15) is 104 Å². The van der Waals surface area contributed by atoms with Crippen molar-refractivity contribution in [2.45, 2.75) is 394 Å². The fraction of sp³-hybridized carbons (Fsp3) is 0.971. The largest absolute Gasteiger partial charge is 0.394 e. The minimum atomic E-state index is -2.10. The normalized spacial score (nSPS) is 33.0. The number of carbonyl (C=O) groups excluding carboxylic acids is 2. The van der Waals surface area contributed by atoms with Crippen LogP contribution < -0.4 is 10.6 Å². The molecule has 26 nitrogen and oxygen atoms in total. The molecule has 0 aromatic heterocycles. The fourth-order valence-electron chi connectivity index (χ4n) is 13.0. The zero-order chi connectivity index (χ0) is 69.8. The van der Waals surface area contributed by atoms with Crippen molar-refractivity contribution >= 4 is 11.8 Å². The van der Waals surface area contributed by atoms with Gasteiger partial charge in [-0.3, -0.25) is 9.59 Å². The second-order valence-corrected chi connectivity index (χ2v) is 27.7. The highest BCUT2D eigenvalue weighted by molar-refractivity contribution is 5.80. The monoisotopic (exact) mass is 1370 g/mol. The molecule has 4 heterocycles. The Morgan fingerprint density at radius 1 is 0.453 bits per heavy atom. The Balaban J connectivity index is 1.39. The predicted octanol–water partition coefficient (Wildman–Crippen LogP) is 3.56. The van der Waals surface area contributed by atoms with Gasteiger partial charge in [-0.05, 0) is 25.7 Å². The number of aliphatic hydroxyl groups is 14. The minimum absolute atomic E-state index is 0.124. The summed E-state index contributed by atoms with van der Waals surface area (Å²) in [6.45, 7) is 6.09. The van der Waals surface area contributed by atoms with Crippen LogP contribution in [-0.2, 0) is 47.5 Å². The first-order valence-corrected chi connectivity index (χ1v) is 36.7. The molecule has 4 fully saturated rings. The van der Waals surface area contributed by atoms with E-state index in [1.54, 1.807) is 0 Å². The average Bonchev–Trinajstić information content (AvgIpc) is 0.790. The van der Waals surface area contributed by atoms with Gasteiger partial charge < -0.3 is 120 Å². The van der Waals surface area contributed by atoms with Gasteiger partial charge in [-0.1, -0.05) is 220 Å². The van der Waals surface area contributed by atoms with Crippen molar-refractivity contribution in [1.29, 1.82) is 0 Å². The van der Waals surface area contributed by atoms with Gasteiger partial charge in [0, 0.05) is 6.92 Å². The van der Waals surface area contributed by atoms with Crippen molar-refractivity contribution < 1.29 is 119 Å². The number of nitrogens with one attached hydrogen (secondary N) is 2. The third-order valence-corrected chi connectivity index (χ3v) is 19.6. The van der Waals surface area contributed by atoms with E-state index in [1.165, 1.54) is 135 Å². The number of ether oxygens (including phenoxy) is 8. The lowest BCUT2D eigenvalue weighted by molar-refractivity contribution is -0.373. The first-order chi connectivity index (χ1) is 45.6. The van der Waals surface area contributed by atoms with Gasteiger partial charge in [-0.2, -0.15) is 0 Å². The topological polar surface area (TPSA) is 415 Å². The molecule has 95 heavy (non-hydrogen) atoms. The lowest BCUT2D eigenvalue weighted by atomic mass is 9.95. The molecule has 4 saturated heterocycles. The van der Waals surface area contributed by atoms with E-state index in [0.717, 1.165) is 70.6 Å². The molecule has 16 N–H and O–H groups in total. The standard InChI is InChI=1S/C69H130N2O24/c1-6-8-9-10-11-12-13-14-15-16-17-18-19-20-21-22-25-29-32-35-38-48(76)65(87)71-46(54(78)47(75)37-34-31-28-26-23-24-27-30-33-36-43(3)7-2)41-88-69-64(60(84)55(79)49(39-72)92-69)95-68-62(86)59(83)56(80)51(93-68)42-89-66-52(70-45(5)74)63(57(81)50(40-73)91-66)94-67-61(85)58(82)53(77)44(4)90-67/h43-44,46-64,66-69,72-73,75-86H,6-42H2,1-5H3,(H,70,74)(H,71,87)/t43?,44-,46-,47+,48+,49+,50+,51+,52+,53-,54-,55-,56-,57-,58+,59-,60-,61+,62+,63+,64+,66+,67-,68+,69-/m0/s1. The number of carbonyl (C=O) groups is 2. The van der Waals surface area contributed by atoms with Gasteiger partial charge in [-0.15, -0.1) is 0 Å². The zero-order valence-corrected chi connectivity index (χ0v) is 57.9. The summed E-state index contributed by atoms with van der Waals surface area (Å²) in [7, 11) is 0. The van der Waals surface area contributed by atoms with E-state index in [2.05, 4.69) is 31.4 Å². The van der Waals surface area contributed by atoms with Crippen LogP contribution in [0, 0.1) is 5.92 Å². The van der Waals surface area contributed by atoms with Crippen LogP contribution in [0.25, 0.3) is 0 Å². The van der Waals surface area contributed by atoms with Crippen LogP contribution in [0.4, 0.5) is 0 Å². The Morgan fingerprint density at radius 3 is 1.37 bits per heavy atom. The van der Waals surface area contributed by atoms with Gasteiger partial charge in [-0.25, -0.2) is 0 Å². The zero-order valence-electron chi connectivity index (χ0n) is 57.9. The van der Waals surface area contributed by atoms with E-state index < -0.39 is 185 Å². The predicted molar refractivity (Wildman–Crippen MR) is 351 cm³/mol. The Kier molecular flexibility index (Phi) is 43.2. The van der Waals surface area contributed by atoms with E-state index in [0.29, 0.717) is 12.8 Å². The third kappa shape index (κ3) is 29.9. The Labute approximate surface area is 565 Å². The third-order valence-electron chi connectivity index (χ3n) is 19.6. The number of amides is 2. The van der Waals surface area contributed by atoms with E-state index >= 15 is 0 Å². The number of aliphatic hydroxyl groups excluding tert-OH is 14. The van der Waals surface area contributed by atoms with Crippen LogP contribution in [-0.4, -0.2) is 257 Å². The smallest absolute Gasteiger partial charge is 0.249 e. The summed E-state index contributed by atoms with van der Waals surface area (Å²) in [6.07, 6.45) is -1.85. The molecule has 0 aliphatic carbocycles. The average molecular weight is 1370 g/mol. The van der Waals surface area contributed by atoms with Gasteiger partial charge in [0.25, 0.3) is 0 Å². The van der Waals surface area contributed by atoms with Crippen LogP contribution in [0.15, 0.2) is 0 Å². The summed E-state index contributed by atoms with van der Waals surface area (Å²) >= 11 is 0. The maximum absolute atomic E-state index is 13.7. The van der Waals surface area contributed by atoms with Gasteiger partial charge in [0.15, 0.2) is 25.2 Å². The Morgan fingerprint density at radius 2 is 0.874 bits per heavy atom. The van der Waals surface area contributed by atoms with Crippen molar-refractivity contribution in [3.63, 3.8) is 0 Å². The molecule has 0 bridgehead atoms. The van der Waals surface area contributed by atoms with Crippen molar-refractivity contribution in [1.82, 2.24) is 10.6 Å². The van der Waals surface area contributed by atoms with E-state index in [1.807, 2.05) is 0 Å². The quantitative estimate of drug-likeness (QED) is 0.0387. The molecular weight excluding hydrogens is 1240 g/mol. The summed E-state index contributed by atoms with van der Waals surface area (Å²) in [6, 6.07) is -2.93. The molecule has 0 spiro atoms. The number of hydrogen-bond acceptors (Lipinski definition) is 24. The summed E-state index contributed by atoms with van der Waals surface area (Å²) in [5, 5.41) is 159. The molecule has 4 aliphatic heterocycles. The van der Waals surface area contributed by atoms with E-state index in [9.17, 15) is 81.1 Å².